The fraction of sp³-hybridized carbons (Fsp3) is 0.731. The van der Waals surface area contributed by atoms with Gasteiger partial charge >= 0.3 is 5.97 Å². The second kappa shape index (κ2) is 9.83. The molecule has 0 spiro atoms. The van der Waals surface area contributed by atoms with E-state index in [-0.39, 0.29) is 30.6 Å². The zero-order valence-corrected chi connectivity index (χ0v) is 20.9. The number of esters is 1. The lowest BCUT2D eigenvalue weighted by atomic mass is 9.49. The standard InChI is InChI=1S/C26H38O10/c1-12(10-27)19-14-4-7-18-25(2,15(14)5-6-16(19)30)8-13(29)9-26(18,3)24(34)36-23-22(33)21(32)20(31)17(11-28)35-23/h5-6,12-13,17-18,20-23,27-33H,4,7-11H2,1-3H3. The van der Waals surface area contributed by atoms with Gasteiger partial charge in [0.1, 0.15) is 30.2 Å². The summed E-state index contributed by atoms with van der Waals surface area (Å²) in [6.45, 7) is 4.76. The molecule has 4 rings (SSSR count). The predicted octanol–water partition coefficient (Wildman–Crippen LogP) is -0.188. The number of ether oxygens (including phenoxy) is 2. The van der Waals surface area contributed by atoms with E-state index >= 15 is 0 Å². The van der Waals surface area contributed by atoms with Crippen LogP contribution in [0.1, 0.15) is 62.6 Å². The first-order valence-corrected chi connectivity index (χ1v) is 12.5. The average Bonchev–Trinajstić information content (AvgIpc) is 2.82. The molecule has 0 amide bonds. The second-order valence-corrected chi connectivity index (χ2v) is 11.2. The van der Waals surface area contributed by atoms with Crippen molar-refractivity contribution in [3.63, 3.8) is 0 Å². The third-order valence-electron chi connectivity index (χ3n) is 8.79. The number of aromatic hydroxyl groups is 1. The molecule has 3 aliphatic rings. The Labute approximate surface area is 210 Å². The van der Waals surface area contributed by atoms with Crippen molar-refractivity contribution >= 4 is 5.97 Å². The third-order valence-corrected chi connectivity index (χ3v) is 8.79. The lowest BCUT2D eigenvalue weighted by molar-refractivity contribution is -0.297. The van der Waals surface area contributed by atoms with E-state index in [2.05, 4.69) is 0 Å². The van der Waals surface area contributed by atoms with Crippen molar-refractivity contribution < 1.29 is 50.0 Å². The van der Waals surface area contributed by atoms with Gasteiger partial charge < -0.3 is 45.2 Å². The zero-order chi connectivity index (χ0) is 26.6. The number of aliphatic hydroxyl groups excluding tert-OH is 6. The van der Waals surface area contributed by atoms with Crippen LogP contribution < -0.4 is 0 Å². The maximum atomic E-state index is 13.6. The fourth-order valence-corrected chi connectivity index (χ4v) is 6.99. The van der Waals surface area contributed by atoms with Gasteiger partial charge in [-0.3, -0.25) is 4.79 Å². The minimum Gasteiger partial charge on any atom is -0.508 e. The summed E-state index contributed by atoms with van der Waals surface area (Å²) in [5.74, 6) is -1.15. The number of phenolic OH excluding ortho intramolecular Hbond substituents is 1. The largest absolute Gasteiger partial charge is 0.508 e. The van der Waals surface area contributed by atoms with Gasteiger partial charge in [-0.1, -0.05) is 19.9 Å². The normalized spacial score (nSPS) is 41.2. The molecule has 1 aromatic carbocycles. The molecule has 1 heterocycles. The molecule has 10 nitrogen and oxygen atoms in total. The number of carbonyl (C=O) groups excluding carboxylic acids is 1. The highest BCUT2D eigenvalue weighted by Gasteiger charge is 2.59. The zero-order valence-electron chi connectivity index (χ0n) is 20.9. The fourth-order valence-electron chi connectivity index (χ4n) is 6.99. The molecule has 10 atom stereocenters. The first-order chi connectivity index (χ1) is 16.9. The van der Waals surface area contributed by atoms with Crippen LogP contribution in [0.5, 0.6) is 5.75 Å². The Bertz CT molecular complexity index is 982. The highest BCUT2D eigenvalue weighted by molar-refractivity contribution is 5.78. The van der Waals surface area contributed by atoms with E-state index in [0.29, 0.717) is 24.8 Å². The smallest absolute Gasteiger partial charge is 0.314 e. The molecule has 10 unspecified atom stereocenters. The van der Waals surface area contributed by atoms with Crippen molar-refractivity contribution in [2.45, 2.75) is 94.6 Å². The topological polar surface area (TPSA) is 177 Å². The van der Waals surface area contributed by atoms with Gasteiger partial charge in [0.05, 0.1) is 18.1 Å². The van der Waals surface area contributed by atoms with Crippen molar-refractivity contribution in [2.24, 2.45) is 11.3 Å². The third kappa shape index (κ3) is 4.22. The lowest BCUT2D eigenvalue weighted by Crippen LogP contribution is -2.61. The Hall–Kier alpha value is -1.79. The molecule has 0 bridgehead atoms. The molecule has 7 N–H and O–H groups in total. The molecule has 2 aliphatic carbocycles. The Morgan fingerprint density at radius 1 is 1.11 bits per heavy atom. The Morgan fingerprint density at radius 2 is 1.81 bits per heavy atom. The van der Waals surface area contributed by atoms with Crippen LogP contribution in [0.25, 0.3) is 0 Å². The van der Waals surface area contributed by atoms with E-state index in [1.54, 1.807) is 13.0 Å². The Balaban J connectivity index is 1.68. The number of rotatable bonds is 5. The van der Waals surface area contributed by atoms with Gasteiger partial charge in [0, 0.05) is 18.1 Å². The minimum atomic E-state index is -1.71. The van der Waals surface area contributed by atoms with Crippen molar-refractivity contribution in [1.82, 2.24) is 0 Å². The first kappa shape index (κ1) is 27.3. The second-order valence-electron chi connectivity index (χ2n) is 11.2. The minimum absolute atomic E-state index is 0.110. The summed E-state index contributed by atoms with van der Waals surface area (Å²) in [6.07, 6.45) is -6.97. The van der Waals surface area contributed by atoms with Gasteiger partial charge in [-0.2, -0.15) is 0 Å². The molecule has 1 saturated carbocycles. The summed E-state index contributed by atoms with van der Waals surface area (Å²) < 4.78 is 10.9. The monoisotopic (exact) mass is 510 g/mol. The van der Waals surface area contributed by atoms with E-state index in [4.69, 9.17) is 9.47 Å². The Morgan fingerprint density at radius 3 is 2.44 bits per heavy atom. The number of hydrogen-bond donors (Lipinski definition) is 7. The van der Waals surface area contributed by atoms with Crippen LogP contribution in [-0.4, -0.2) is 91.7 Å². The average molecular weight is 511 g/mol. The van der Waals surface area contributed by atoms with Gasteiger partial charge in [-0.15, -0.1) is 0 Å². The summed E-state index contributed by atoms with van der Waals surface area (Å²) in [6, 6.07) is 3.42. The summed E-state index contributed by atoms with van der Waals surface area (Å²) >= 11 is 0. The number of benzene rings is 1. The number of carbonyl (C=O) groups is 1. The van der Waals surface area contributed by atoms with Gasteiger partial charge in [-0.25, -0.2) is 0 Å². The van der Waals surface area contributed by atoms with Gasteiger partial charge in [0.2, 0.25) is 6.29 Å². The van der Waals surface area contributed by atoms with Crippen LogP contribution in [-0.2, 0) is 26.1 Å². The van der Waals surface area contributed by atoms with Gasteiger partial charge in [-0.05, 0) is 61.1 Å². The molecular formula is C26H38O10. The van der Waals surface area contributed by atoms with Crippen molar-refractivity contribution in [3.05, 3.63) is 28.8 Å². The van der Waals surface area contributed by atoms with Crippen LogP contribution in [0, 0.1) is 11.3 Å². The number of aliphatic hydroxyl groups is 6. The van der Waals surface area contributed by atoms with Crippen molar-refractivity contribution in [3.8, 4) is 5.75 Å². The molecule has 202 valence electrons. The molecule has 36 heavy (non-hydrogen) atoms. The summed E-state index contributed by atoms with van der Waals surface area (Å²) in [5.41, 5.74) is 0.696. The number of fused-ring (bicyclic) bond motifs is 3. The molecule has 2 fully saturated rings. The molecule has 1 aliphatic heterocycles. The van der Waals surface area contributed by atoms with Crippen LogP contribution in [0.15, 0.2) is 12.1 Å². The Kier molecular flexibility index (Phi) is 7.44. The molecule has 1 saturated heterocycles. The number of hydrogen-bond acceptors (Lipinski definition) is 10. The quantitative estimate of drug-likeness (QED) is 0.263. The first-order valence-electron chi connectivity index (χ1n) is 12.5. The van der Waals surface area contributed by atoms with Gasteiger partial charge in [0.25, 0.3) is 0 Å². The van der Waals surface area contributed by atoms with E-state index in [9.17, 15) is 40.5 Å². The van der Waals surface area contributed by atoms with E-state index in [0.717, 1.165) is 11.1 Å². The summed E-state index contributed by atoms with van der Waals surface area (Å²) in [7, 11) is 0. The van der Waals surface area contributed by atoms with Crippen molar-refractivity contribution in [2.75, 3.05) is 13.2 Å². The summed E-state index contributed by atoms with van der Waals surface area (Å²) in [5, 5.41) is 71.2. The van der Waals surface area contributed by atoms with Crippen LogP contribution >= 0.6 is 0 Å². The summed E-state index contributed by atoms with van der Waals surface area (Å²) in [4.78, 5) is 13.6. The molecule has 1 aromatic rings. The molecule has 0 aromatic heterocycles. The molecule has 10 heteroatoms. The highest BCUT2D eigenvalue weighted by atomic mass is 16.7. The van der Waals surface area contributed by atoms with E-state index < -0.39 is 60.2 Å². The van der Waals surface area contributed by atoms with Crippen LogP contribution in [0.2, 0.25) is 0 Å². The predicted molar refractivity (Wildman–Crippen MR) is 126 cm³/mol. The lowest BCUT2D eigenvalue weighted by Gasteiger charge is -2.56. The maximum absolute atomic E-state index is 13.6. The highest BCUT2D eigenvalue weighted by Crippen LogP contribution is 2.59. The molecular weight excluding hydrogens is 472 g/mol. The maximum Gasteiger partial charge on any atom is 0.314 e. The SMILES string of the molecule is CC(CO)c1c(O)ccc2c1CCC1C(C)(C(=O)OC3OC(CO)C(O)C(O)C3O)CC(O)CC21C. The van der Waals surface area contributed by atoms with Crippen LogP contribution in [0.4, 0.5) is 0 Å². The van der Waals surface area contributed by atoms with E-state index in [1.165, 1.54) is 0 Å². The van der Waals surface area contributed by atoms with E-state index in [1.807, 2.05) is 19.9 Å². The number of phenols is 1. The van der Waals surface area contributed by atoms with Gasteiger partial charge in [0.15, 0.2) is 0 Å². The van der Waals surface area contributed by atoms with Crippen LogP contribution in [0.3, 0.4) is 0 Å². The molecule has 0 radical (unpaired) electrons. The van der Waals surface area contributed by atoms with Crippen molar-refractivity contribution in [1.29, 1.82) is 0 Å².